The Morgan fingerprint density at radius 1 is 1.04 bits per heavy atom. The minimum absolute atomic E-state index is 0.245. The molecular formula is C20H14ClN3O2. The fraction of sp³-hybridized carbons (Fsp3) is 0. The first-order valence-electron chi connectivity index (χ1n) is 7.97. The van der Waals surface area contributed by atoms with Crippen LogP contribution in [0.2, 0.25) is 5.02 Å². The van der Waals surface area contributed by atoms with Gasteiger partial charge in [-0.2, -0.15) is 0 Å². The van der Waals surface area contributed by atoms with E-state index in [0.29, 0.717) is 22.6 Å². The molecule has 0 saturated carbocycles. The van der Waals surface area contributed by atoms with Gasteiger partial charge in [0.2, 0.25) is 5.78 Å². The van der Waals surface area contributed by atoms with E-state index < -0.39 is 5.78 Å². The predicted octanol–water partition coefficient (Wildman–Crippen LogP) is 4.94. The van der Waals surface area contributed by atoms with E-state index in [1.54, 1.807) is 18.3 Å². The minimum atomic E-state index is -0.607. The van der Waals surface area contributed by atoms with Gasteiger partial charge in [-0.1, -0.05) is 35.9 Å². The molecule has 26 heavy (non-hydrogen) atoms. The summed E-state index contributed by atoms with van der Waals surface area (Å²) >= 11 is 6.05. The number of rotatable bonds is 5. The van der Waals surface area contributed by atoms with Crippen LogP contribution in [0.3, 0.4) is 0 Å². The second-order valence-corrected chi connectivity index (χ2v) is 6.25. The molecule has 0 fully saturated rings. The van der Waals surface area contributed by atoms with Crippen LogP contribution in [0.4, 0.5) is 11.4 Å². The number of nitrogens with one attached hydrogen (secondary N) is 3. The summed E-state index contributed by atoms with van der Waals surface area (Å²) < 4.78 is 0. The van der Waals surface area contributed by atoms with Gasteiger partial charge in [0.15, 0.2) is 6.29 Å². The number of hydrogen-bond donors (Lipinski definition) is 3. The van der Waals surface area contributed by atoms with Gasteiger partial charge in [0.25, 0.3) is 0 Å². The zero-order valence-electron chi connectivity index (χ0n) is 13.5. The first kappa shape index (κ1) is 16.2. The number of fused-ring (bicyclic) bond motifs is 1. The van der Waals surface area contributed by atoms with Gasteiger partial charge in [0.1, 0.15) is 0 Å². The summed E-state index contributed by atoms with van der Waals surface area (Å²) in [7, 11) is 0. The molecule has 0 radical (unpaired) electrons. The Morgan fingerprint density at radius 3 is 2.69 bits per heavy atom. The molecule has 2 aromatic carbocycles. The predicted molar refractivity (Wildman–Crippen MR) is 103 cm³/mol. The molecule has 0 saturated heterocycles. The Balaban J connectivity index is 1.89. The quantitative estimate of drug-likeness (QED) is 0.267. The van der Waals surface area contributed by atoms with Crippen LogP contribution in [0.5, 0.6) is 0 Å². The lowest BCUT2D eigenvalue weighted by molar-refractivity contribution is -0.104. The zero-order chi connectivity index (χ0) is 18.1. The van der Waals surface area contributed by atoms with E-state index in [1.807, 2.05) is 42.6 Å². The summed E-state index contributed by atoms with van der Waals surface area (Å²) in [4.78, 5) is 29.3. The summed E-state index contributed by atoms with van der Waals surface area (Å²) in [5, 5.41) is 4.83. The second-order valence-electron chi connectivity index (χ2n) is 5.82. The van der Waals surface area contributed by atoms with E-state index in [2.05, 4.69) is 15.3 Å². The maximum absolute atomic E-state index is 12.1. The number of aromatic amines is 2. The van der Waals surface area contributed by atoms with Crippen molar-refractivity contribution in [3.8, 4) is 11.1 Å². The summed E-state index contributed by atoms with van der Waals surface area (Å²) in [6.07, 6.45) is 3.82. The molecule has 0 bridgehead atoms. The number of aldehydes is 1. The molecule has 0 aliphatic carbocycles. The van der Waals surface area contributed by atoms with Gasteiger partial charge in [0, 0.05) is 45.1 Å². The Kier molecular flexibility index (Phi) is 4.07. The fourth-order valence-corrected chi connectivity index (χ4v) is 3.25. The molecule has 0 aliphatic rings. The number of benzene rings is 2. The van der Waals surface area contributed by atoms with E-state index in [0.717, 1.165) is 22.2 Å². The lowest BCUT2D eigenvalue weighted by Gasteiger charge is -2.09. The molecule has 0 atom stereocenters. The summed E-state index contributed by atoms with van der Waals surface area (Å²) in [6.45, 7) is 0. The van der Waals surface area contributed by atoms with E-state index in [1.165, 1.54) is 0 Å². The van der Waals surface area contributed by atoms with E-state index in [9.17, 15) is 9.59 Å². The topological polar surface area (TPSA) is 77.8 Å². The van der Waals surface area contributed by atoms with E-state index in [-0.39, 0.29) is 5.69 Å². The van der Waals surface area contributed by atoms with Crippen molar-refractivity contribution in [1.29, 1.82) is 0 Å². The number of carbonyl (C=O) groups excluding carboxylic acids is 2. The molecule has 5 nitrogen and oxygen atoms in total. The maximum Gasteiger partial charge on any atom is 0.242 e. The van der Waals surface area contributed by atoms with Crippen LogP contribution in [0, 0.1) is 0 Å². The van der Waals surface area contributed by atoms with Crippen molar-refractivity contribution in [2.75, 3.05) is 5.32 Å². The van der Waals surface area contributed by atoms with Crippen LogP contribution in [-0.4, -0.2) is 22.0 Å². The number of ketones is 1. The molecule has 6 heteroatoms. The molecule has 0 unspecified atom stereocenters. The SMILES string of the molecule is O=CC(=O)c1[nH]cc(Nc2cccc(Cl)c2)c1-c1c[nH]c2ccccc12. The molecule has 2 aromatic heterocycles. The maximum atomic E-state index is 12.1. The van der Waals surface area contributed by atoms with Crippen molar-refractivity contribution < 1.29 is 9.59 Å². The summed E-state index contributed by atoms with van der Waals surface area (Å²) in [6, 6.07) is 15.1. The third-order valence-electron chi connectivity index (χ3n) is 4.20. The van der Waals surface area contributed by atoms with Crippen molar-refractivity contribution in [3.63, 3.8) is 0 Å². The fourth-order valence-electron chi connectivity index (χ4n) is 3.06. The average Bonchev–Trinajstić information content (AvgIpc) is 3.25. The van der Waals surface area contributed by atoms with Gasteiger partial charge < -0.3 is 15.3 Å². The standard InChI is InChI=1S/C20H14ClN3O2/c21-12-4-3-5-13(8-12)24-17-10-23-20(18(26)11-25)19(17)15-9-22-16-7-2-1-6-14(15)16/h1-11,22-24H. The Morgan fingerprint density at radius 2 is 1.88 bits per heavy atom. The van der Waals surface area contributed by atoms with Crippen LogP contribution in [-0.2, 0) is 4.79 Å². The number of carbonyl (C=O) groups is 2. The van der Waals surface area contributed by atoms with Crippen molar-refractivity contribution in [2.24, 2.45) is 0 Å². The van der Waals surface area contributed by atoms with Crippen molar-refractivity contribution in [3.05, 3.63) is 71.6 Å². The molecule has 2 heterocycles. The molecule has 4 aromatic rings. The van der Waals surface area contributed by atoms with Gasteiger partial charge >= 0.3 is 0 Å². The zero-order valence-corrected chi connectivity index (χ0v) is 14.3. The molecule has 0 spiro atoms. The number of anilines is 2. The lowest BCUT2D eigenvalue weighted by atomic mass is 10.0. The van der Waals surface area contributed by atoms with Gasteiger partial charge in [-0.3, -0.25) is 9.59 Å². The van der Waals surface area contributed by atoms with Gasteiger partial charge in [-0.15, -0.1) is 0 Å². The third kappa shape index (κ3) is 2.78. The van der Waals surface area contributed by atoms with E-state index >= 15 is 0 Å². The first-order valence-corrected chi connectivity index (χ1v) is 8.35. The highest BCUT2D eigenvalue weighted by Gasteiger charge is 2.21. The summed E-state index contributed by atoms with van der Waals surface area (Å²) in [5.74, 6) is -0.607. The van der Waals surface area contributed by atoms with Crippen LogP contribution >= 0.6 is 11.6 Å². The highest BCUT2D eigenvalue weighted by molar-refractivity contribution is 6.35. The number of hydrogen-bond acceptors (Lipinski definition) is 3. The number of para-hydroxylation sites is 1. The van der Waals surface area contributed by atoms with Crippen LogP contribution < -0.4 is 5.32 Å². The molecule has 0 amide bonds. The van der Waals surface area contributed by atoms with Crippen LogP contribution in [0.25, 0.3) is 22.0 Å². The van der Waals surface area contributed by atoms with Crippen molar-refractivity contribution in [2.45, 2.75) is 0 Å². The molecular weight excluding hydrogens is 350 g/mol. The smallest absolute Gasteiger partial charge is 0.242 e. The lowest BCUT2D eigenvalue weighted by Crippen LogP contribution is -2.02. The number of H-pyrrole nitrogens is 2. The van der Waals surface area contributed by atoms with Gasteiger partial charge in [-0.25, -0.2) is 0 Å². The third-order valence-corrected chi connectivity index (χ3v) is 4.43. The normalized spacial score (nSPS) is 10.8. The molecule has 4 rings (SSSR count). The Labute approximate surface area is 154 Å². The second kappa shape index (κ2) is 6.54. The average molecular weight is 364 g/mol. The highest BCUT2D eigenvalue weighted by atomic mass is 35.5. The van der Waals surface area contributed by atoms with E-state index in [4.69, 9.17) is 11.6 Å². The molecule has 3 N–H and O–H groups in total. The molecule has 128 valence electrons. The number of aromatic nitrogens is 2. The largest absolute Gasteiger partial charge is 0.361 e. The minimum Gasteiger partial charge on any atom is -0.361 e. The van der Waals surface area contributed by atoms with Crippen LogP contribution in [0.15, 0.2) is 60.9 Å². The Hall–Kier alpha value is -3.31. The molecule has 0 aliphatic heterocycles. The highest BCUT2D eigenvalue weighted by Crippen LogP contribution is 2.38. The van der Waals surface area contributed by atoms with Crippen molar-refractivity contribution in [1.82, 2.24) is 9.97 Å². The van der Waals surface area contributed by atoms with Gasteiger partial charge in [0.05, 0.1) is 11.4 Å². The monoisotopic (exact) mass is 363 g/mol. The summed E-state index contributed by atoms with van der Waals surface area (Å²) in [5.41, 5.74) is 4.12. The number of Topliss-reactive ketones (excluding diaryl/α,β-unsaturated/α-hetero) is 1. The van der Waals surface area contributed by atoms with Gasteiger partial charge in [-0.05, 0) is 24.3 Å². The first-order chi connectivity index (χ1) is 12.7. The number of halogens is 1. The van der Waals surface area contributed by atoms with Crippen molar-refractivity contribution >= 4 is 45.9 Å². The van der Waals surface area contributed by atoms with Crippen LogP contribution in [0.1, 0.15) is 10.5 Å². The Bertz CT molecular complexity index is 1130.